The summed E-state index contributed by atoms with van der Waals surface area (Å²) in [6, 6.07) is 3.37. The Labute approximate surface area is 126 Å². The van der Waals surface area contributed by atoms with Crippen LogP contribution in [0.1, 0.15) is 0 Å². The van der Waals surface area contributed by atoms with Gasteiger partial charge in [0, 0.05) is 0 Å². The van der Waals surface area contributed by atoms with Crippen LogP contribution in [-0.2, 0) is 0 Å². The van der Waals surface area contributed by atoms with Gasteiger partial charge in [-0.3, -0.25) is 10.1 Å². The van der Waals surface area contributed by atoms with Crippen molar-refractivity contribution in [3.05, 3.63) is 34.7 Å². The van der Waals surface area contributed by atoms with E-state index >= 15 is 0 Å². The molecule has 11 nitrogen and oxygen atoms in total. The molecule has 0 amide bonds. The highest BCUT2D eigenvalue weighted by Gasteiger charge is 2.18. The van der Waals surface area contributed by atoms with Crippen LogP contribution in [0.15, 0.2) is 39.3 Å². The van der Waals surface area contributed by atoms with Gasteiger partial charge in [-0.15, -0.1) is 10.2 Å². The van der Waals surface area contributed by atoms with Crippen molar-refractivity contribution in [2.45, 2.75) is 10.3 Å². The number of nitrogens with zero attached hydrogens (tertiary/aromatic N) is 6. The minimum absolute atomic E-state index is 0.160. The maximum absolute atomic E-state index is 10.7. The van der Waals surface area contributed by atoms with Crippen molar-refractivity contribution in [1.82, 2.24) is 24.8 Å². The summed E-state index contributed by atoms with van der Waals surface area (Å²) in [7, 11) is 0. The number of anilines is 1. The van der Waals surface area contributed by atoms with E-state index in [0.717, 1.165) is 18.0 Å². The van der Waals surface area contributed by atoms with Crippen molar-refractivity contribution in [3.8, 4) is 11.6 Å². The Bertz CT molecular complexity index is 831. The molecule has 0 saturated carbocycles. The molecule has 4 N–H and O–H groups in total. The lowest BCUT2D eigenvalue weighted by Crippen LogP contribution is -2.11. The lowest BCUT2D eigenvalue weighted by molar-refractivity contribution is -0.384. The molecule has 0 aliphatic heterocycles. The van der Waals surface area contributed by atoms with Crippen molar-refractivity contribution in [2.24, 2.45) is 0 Å². The van der Waals surface area contributed by atoms with Crippen LogP contribution in [-0.4, -0.2) is 29.8 Å². The van der Waals surface area contributed by atoms with E-state index in [2.05, 4.69) is 20.2 Å². The van der Waals surface area contributed by atoms with Crippen molar-refractivity contribution in [3.63, 3.8) is 0 Å². The first kappa shape index (κ1) is 13.8. The van der Waals surface area contributed by atoms with Crippen molar-refractivity contribution < 1.29 is 9.34 Å². The minimum Gasteiger partial charge on any atom is -0.461 e. The fourth-order valence-electron chi connectivity index (χ4n) is 1.56. The van der Waals surface area contributed by atoms with Crippen LogP contribution in [0.2, 0.25) is 0 Å². The first-order chi connectivity index (χ1) is 10.6. The third kappa shape index (κ3) is 2.42. The van der Waals surface area contributed by atoms with Crippen LogP contribution in [0.5, 0.6) is 0 Å². The normalized spacial score (nSPS) is 10.7. The Balaban J connectivity index is 1.88. The molecule has 12 heteroatoms. The molecule has 0 atom stereocenters. The third-order valence-electron chi connectivity index (χ3n) is 2.56. The second-order valence-corrected chi connectivity index (χ2v) is 4.87. The fourth-order valence-corrected chi connectivity index (χ4v) is 2.24. The molecule has 112 valence electrons. The molecule has 0 radical (unpaired) electrons. The third-order valence-corrected chi connectivity index (χ3v) is 3.40. The number of nitro groups is 1. The minimum atomic E-state index is -0.662. The van der Waals surface area contributed by atoms with Gasteiger partial charge in [0.15, 0.2) is 10.9 Å². The number of furan rings is 1. The Morgan fingerprint density at radius 2 is 2.23 bits per heavy atom. The molecule has 0 spiro atoms. The average Bonchev–Trinajstić information content (AvgIpc) is 3.09. The number of rotatable bonds is 4. The van der Waals surface area contributed by atoms with Crippen LogP contribution in [0.4, 0.5) is 11.5 Å². The number of nitrogen functional groups attached to an aromatic ring is 2. The van der Waals surface area contributed by atoms with Crippen LogP contribution < -0.4 is 11.6 Å². The highest BCUT2D eigenvalue weighted by molar-refractivity contribution is 7.99. The molecule has 0 aromatic carbocycles. The molecule has 3 aromatic rings. The van der Waals surface area contributed by atoms with E-state index in [0.29, 0.717) is 11.6 Å². The van der Waals surface area contributed by atoms with Crippen molar-refractivity contribution >= 4 is 23.3 Å². The summed E-state index contributed by atoms with van der Waals surface area (Å²) in [5.74, 6) is 6.41. The van der Waals surface area contributed by atoms with E-state index < -0.39 is 4.92 Å². The van der Waals surface area contributed by atoms with Gasteiger partial charge in [0.25, 0.3) is 0 Å². The van der Waals surface area contributed by atoms with Crippen LogP contribution in [0.25, 0.3) is 11.6 Å². The van der Waals surface area contributed by atoms with Gasteiger partial charge in [-0.1, -0.05) is 0 Å². The molecule has 3 aromatic heterocycles. The summed E-state index contributed by atoms with van der Waals surface area (Å²) in [4.78, 5) is 17.7. The summed E-state index contributed by atoms with van der Waals surface area (Å²) >= 11 is 0.965. The highest BCUT2D eigenvalue weighted by atomic mass is 32.2. The maximum Gasteiger partial charge on any atom is 0.329 e. The van der Waals surface area contributed by atoms with Crippen LogP contribution in [0.3, 0.4) is 0 Å². The molecular weight excluding hydrogens is 312 g/mol. The second kappa shape index (κ2) is 5.33. The first-order valence-corrected chi connectivity index (χ1v) is 6.57. The first-order valence-electron chi connectivity index (χ1n) is 5.75. The molecule has 0 fully saturated rings. The van der Waals surface area contributed by atoms with Gasteiger partial charge in [0.1, 0.15) is 6.20 Å². The van der Waals surface area contributed by atoms with E-state index in [1.165, 1.54) is 10.9 Å². The second-order valence-electron chi connectivity index (χ2n) is 3.94. The Kier molecular flexibility index (Phi) is 3.34. The quantitative estimate of drug-likeness (QED) is 0.302. The van der Waals surface area contributed by atoms with E-state index in [1.54, 1.807) is 12.1 Å². The average molecular weight is 320 g/mol. The van der Waals surface area contributed by atoms with Crippen LogP contribution >= 0.6 is 11.8 Å². The zero-order chi connectivity index (χ0) is 15.7. The topological polar surface area (TPSA) is 165 Å². The molecular formula is C10H8N8O3S. The molecule has 0 saturated heterocycles. The molecule has 3 heterocycles. The molecule has 0 aliphatic rings. The van der Waals surface area contributed by atoms with E-state index in [-0.39, 0.29) is 21.8 Å². The largest absolute Gasteiger partial charge is 0.461 e. The Morgan fingerprint density at radius 1 is 1.41 bits per heavy atom. The number of aromatic nitrogens is 5. The van der Waals surface area contributed by atoms with Gasteiger partial charge in [0.05, 0.1) is 11.2 Å². The molecule has 22 heavy (non-hydrogen) atoms. The Hall–Kier alpha value is -3.15. The molecule has 3 rings (SSSR count). The van der Waals surface area contributed by atoms with E-state index in [4.69, 9.17) is 16.0 Å². The van der Waals surface area contributed by atoms with Gasteiger partial charge in [-0.25, -0.2) is 9.66 Å². The van der Waals surface area contributed by atoms with Gasteiger partial charge in [-0.05, 0) is 23.9 Å². The predicted octanol–water partition coefficient (Wildman–Crippen LogP) is 0.683. The fraction of sp³-hybridized carbons (Fsp3) is 0. The van der Waals surface area contributed by atoms with Crippen molar-refractivity contribution in [1.29, 1.82) is 0 Å². The van der Waals surface area contributed by atoms with Gasteiger partial charge in [0.2, 0.25) is 16.8 Å². The van der Waals surface area contributed by atoms with Crippen LogP contribution in [0, 0.1) is 10.1 Å². The lowest BCUT2D eigenvalue weighted by atomic mass is 10.4. The van der Waals surface area contributed by atoms with Gasteiger partial charge >= 0.3 is 5.69 Å². The molecule has 0 bridgehead atoms. The number of hydrogen-bond donors (Lipinski definition) is 2. The molecule has 0 unspecified atom stereocenters. The predicted molar refractivity (Wildman–Crippen MR) is 75.1 cm³/mol. The number of nitrogens with two attached hydrogens (primary N) is 2. The monoisotopic (exact) mass is 320 g/mol. The summed E-state index contributed by atoms with van der Waals surface area (Å²) in [5.41, 5.74) is 5.14. The van der Waals surface area contributed by atoms with Crippen molar-refractivity contribution in [2.75, 3.05) is 11.6 Å². The SMILES string of the molecule is Nc1nc(Sc2nnc(-c3ccco3)n2N)ncc1[N+](=O)[O-]. The van der Waals surface area contributed by atoms with Gasteiger partial charge in [-0.2, -0.15) is 4.98 Å². The number of hydrogen-bond acceptors (Lipinski definition) is 10. The standard InChI is InChI=1S/C10H8N8O3S/c11-7-5(18(19)20)4-13-9(14-7)22-10-16-15-8(17(10)12)6-2-1-3-21-6/h1-4H,12H2,(H2,11,13,14). The summed E-state index contributed by atoms with van der Waals surface area (Å²) in [5, 5.41) is 18.9. The summed E-state index contributed by atoms with van der Waals surface area (Å²) < 4.78 is 6.39. The smallest absolute Gasteiger partial charge is 0.329 e. The highest BCUT2D eigenvalue weighted by Crippen LogP contribution is 2.27. The van der Waals surface area contributed by atoms with Gasteiger partial charge < -0.3 is 16.0 Å². The van der Waals surface area contributed by atoms with E-state index in [9.17, 15) is 10.1 Å². The lowest BCUT2D eigenvalue weighted by Gasteiger charge is -2.02. The zero-order valence-corrected chi connectivity index (χ0v) is 11.6. The Morgan fingerprint density at radius 3 is 2.86 bits per heavy atom. The summed E-state index contributed by atoms with van der Waals surface area (Å²) in [6.45, 7) is 0. The zero-order valence-electron chi connectivity index (χ0n) is 10.8. The summed E-state index contributed by atoms with van der Waals surface area (Å²) in [6.07, 6.45) is 2.51. The van der Waals surface area contributed by atoms with E-state index in [1.807, 2.05) is 0 Å². The molecule has 0 aliphatic carbocycles. The maximum atomic E-state index is 10.7.